The van der Waals surface area contributed by atoms with Gasteiger partial charge in [-0.05, 0) is 36.8 Å². The lowest BCUT2D eigenvalue weighted by Gasteiger charge is -2.36. The molecule has 3 amide bonds. The molecule has 28 heavy (non-hydrogen) atoms. The average Bonchev–Trinajstić information content (AvgIpc) is 2.70. The molecule has 2 N–H and O–H groups in total. The summed E-state index contributed by atoms with van der Waals surface area (Å²) in [5, 5.41) is 5.69. The highest BCUT2D eigenvalue weighted by atomic mass is 16.2. The van der Waals surface area contributed by atoms with Crippen molar-refractivity contribution in [2.75, 3.05) is 19.6 Å². The lowest BCUT2D eigenvalue weighted by molar-refractivity contribution is -0.133. The van der Waals surface area contributed by atoms with Crippen molar-refractivity contribution in [3.63, 3.8) is 0 Å². The van der Waals surface area contributed by atoms with Crippen molar-refractivity contribution in [2.45, 2.75) is 39.2 Å². The number of piperidine rings is 1. The first-order valence-corrected chi connectivity index (χ1v) is 9.94. The largest absolute Gasteiger partial charge is 0.351 e. The highest BCUT2D eigenvalue weighted by molar-refractivity contribution is 5.97. The number of carbonyl (C=O) groups excluding carboxylic acids is 3. The van der Waals surface area contributed by atoms with Gasteiger partial charge in [-0.25, -0.2) is 0 Å². The van der Waals surface area contributed by atoms with E-state index in [0.717, 1.165) is 0 Å². The quantitative estimate of drug-likeness (QED) is 0.675. The Kier molecular flexibility index (Phi) is 8.23. The van der Waals surface area contributed by atoms with Crippen LogP contribution in [0.2, 0.25) is 0 Å². The molecule has 6 heteroatoms. The monoisotopic (exact) mass is 385 g/mol. The van der Waals surface area contributed by atoms with Crippen LogP contribution < -0.4 is 10.6 Å². The molecule has 2 rings (SSSR count). The third-order valence-electron chi connectivity index (χ3n) is 4.97. The van der Waals surface area contributed by atoms with Gasteiger partial charge in [0, 0.05) is 31.6 Å². The summed E-state index contributed by atoms with van der Waals surface area (Å²) in [6.45, 7) is 9.26. The number of hydrogen-bond acceptors (Lipinski definition) is 3. The highest BCUT2D eigenvalue weighted by Gasteiger charge is 2.33. The summed E-state index contributed by atoms with van der Waals surface area (Å²) >= 11 is 0. The van der Waals surface area contributed by atoms with Crippen LogP contribution in [0.4, 0.5) is 0 Å². The van der Waals surface area contributed by atoms with Gasteiger partial charge < -0.3 is 15.5 Å². The number of benzene rings is 1. The average molecular weight is 386 g/mol. The maximum Gasteiger partial charge on any atom is 0.251 e. The lowest BCUT2D eigenvalue weighted by Crippen LogP contribution is -2.53. The van der Waals surface area contributed by atoms with Gasteiger partial charge >= 0.3 is 0 Å². The molecule has 152 valence electrons. The molecule has 1 fully saturated rings. The molecular formula is C22H31N3O3. The van der Waals surface area contributed by atoms with Crippen molar-refractivity contribution in [3.8, 4) is 0 Å². The van der Waals surface area contributed by atoms with Gasteiger partial charge in [-0.3, -0.25) is 14.4 Å². The molecule has 1 aromatic carbocycles. The fourth-order valence-electron chi connectivity index (χ4n) is 3.45. The summed E-state index contributed by atoms with van der Waals surface area (Å²) in [5.74, 6) is -0.00312. The third kappa shape index (κ3) is 6.22. The molecule has 1 atom stereocenters. The Bertz CT molecular complexity index is 680. The fraction of sp³-hybridized carbons (Fsp3) is 0.500. The summed E-state index contributed by atoms with van der Waals surface area (Å²) in [6, 6.07) is 8.24. The van der Waals surface area contributed by atoms with E-state index in [9.17, 15) is 14.4 Å². The van der Waals surface area contributed by atoms with E-state index in [0.29, 0.717) is 50.4 Å². The van der Waals surface area contributed by atoms with Crippen LogP contribution in [-0.4, -0.2) is 48.3 Å². The topological polar surface area (TPSA) is 78.5 Å². The van der Waals surface area contributed by atoms with E-state index in [-0.39, 0.29) is 23.6 Å². The predicted molar refractivity (Wildman–Crippen MR) is 110 cm³/mol. The Morgan fingerprint density at radius 1 is 1.18 bits per heavy atom. The van der Waals surface area contributed by atoms with Gasteiger partial charge in [-0.15, -0.1) is 6.58 Å². The van der Waals surface area contributed by atoms with Crippen molar-refractivity contribution < 1.29 is 14.4 Å². The van der Waals surface area contributed by atoms with Crippen LogP contribution in [-0.2, 0) is 9.59 Å². The zero-order valence-electron chi connectivity index (χ0n) is 16.8. The minimum absolute atomic E-state index is 0.0134. The molecule has 0 bridgehead atoms. The van der Waals surface area contributed by atoms with E-state index >= 15 is 0 Å². The number of nitrogens with zero attached hydrogens (tertiary/aromatic N) is 1. The van der Waals surface area contributed by atoms with Crippen LogP contribution in [0.15, 0.2) is 43.0 Å². The van der Waals surface area contributed by atoms with Gasteiger partial charge in [-0.1, -0.05) is 38.1 Å². The molecular weight excluding hydrogens is 354 g/mol. The van der Waals surface area contributed by atoms with Gasteiger partial charge in [-0.2, -0.15) is 0 Å². The van der Waals surface area contributed by atoms with E-state index in [1.807, 2.05) is 24.8 Å². The number of hydrogen-bond donors (Lipinski definition) is 2. The molecule has 0 saturated carbocycles. The molecule has 1 aromatic rings. The number of rotatable bonds is 8. The minimum Gasteiger partial charge on any atom is -0.351 e. The molecule has 0 unspecified atom stereocenters. The first-order chi connectivity index (χ1) is 13.4. The summed E-state index contributed by atoms with van der Waals surface area (Å²) in [7, 11) is 0. The van der Waals surface area contributed by atoms with Crippen molar-refractivity contribution in [3.05, 3.63) is 48.6 Å². The Morgan fingerprint density at radius 2 is 1.82 bits per heavy atom. The maximum absolute atomic E-state index is 12.7. The first kappa shape index (κ1) is 21.7. The molecule has 1 saturated heterocycles. The Balaban J connectivity index is 2.03. The molecule has 0 spiro atoms. The van der Waals surface area contributed by atoms with Crippen molar-refractivity contribution in [1.82, 2.24) is 15.5 Å². The lowest BCUT2D eigenvalue weighted by atomic mass is 9.88. The van der Waals surface area contributed by atoms with Crippen LogP contribution in [0.3, 0.4) is 0 Å². The highest BCUT2D eigenvalue weighted by Crippen LogP contribution is 2.22. The second-order valence-corrected chi connectivity index (χ2v) is 7.67. The molecule has 1 heterocycles. The van der Waals surface area contributed by atoms with E-state index in [4.69, 9.17) is 0 Å². The van der Waals surface area contributed by atoms with Gasteiger partial charge in [0.05, 0.1) is 0 Å². The van der Waals surface area contributed by atoms with E-state index < -0.39 is 6.04 Å². The molecule has 1 aliphatic heterocycles. The zero-order valence-corrected chi connectivity index (χ0v) is 16.8. The van der Waals surface area contributed by atoms with Gasteiger partial charge in [0.15, 0.2) is 0 Å². The van der Waals surface area contributed by atoms with Crippen LogP contribution in [0.1, 0.15) is 43.5 Å². The van der Waals surface area contributed by atoms with Gasteiger partial charge in [0.1, 0.15) is 6.04 Å². The van der Waals surface area contributed by atoms with Crippen molar-refractivity contribution in [1.29, 1.82) is 0 Å². The van der Waals surface area contributed by atoms with E-state index in [2.05, 4.69) is 17.2 Å². The number of carbonyl (C=O) groups is 3. The van der Waals surface area contributed by atoms with E-state index in [1.165, 1.54) is 0 Å². The second kappa shape index (κ2) is 10.6. The van der Waals surface area contributed by atoms with Gasteiger partial charge in [0.2, 0.25) is 11.8 Å². The molecule has 0 aromatic heterocycles. The first-order valence-electron chi connectivity index (χ1n) is 9.94. The van der Waals surface area contributed by atoms with E-state index in [1.54, 1.807) is 30.3 Å². The maximum atomic E-state index is 12.7. The Hall–Kier alpha value is -2.63. The Labute approximate surface area is 167 Å². The standard InChI is InChI=1S/C22H31N3O3/c1-4-12-23-22(28)20(24-21(27)18-8-6-5-7-9-18)17-10-13-25(14-11-17)19(26)15-16(2)3/h4-9,16-17,20H,1,10-15H2,2-3H3,(H,23,28)(H,24,27)/t20-/m1/s1. The molecule has 6 nitrogen and oxygen atoms in total. The third-order valence-corrected chi connectivity index (χ3v) is 4.97. The smallest absolute Gasteiger partial charge is 0.251 e. The van der Waals surface area contributed by atoms with Crippen LogP contribution in [0, 0.1) is 11.8 Å². The summed E-state index contributed by atoms with van der Waals surface area (Å²) in [5.41, 5.74) is 0.522. The fourth-order valence-corrected chi connectivity index (χ4v) is 3.45. The molecule has 0 aliphatic carbocycles. The van der Waals surface area contributed by atoms with Gasteiger partial charge in [0.25, 0.3) is 5.91 Å². The summed E-state index contributed by atoms with van der Waals surface area (Å²) < 4.78 is 0. The minimum atomic E-state index is -0.630. The number of amides is 3. The van der Waals surface area contributed by atoms with Crippen LogP contribution in [0.5, 0.6) is 0 Å². The SMILES string of the molecule is C=CCNC(=O)[C@H](NC(=O)c1ccccc1)C1CCN(C(=O)CC(C)C)CC1. The number of likely N-dealkylation sites (tertiary alicyclic amines) is 1. The Morgan fingerprint density at radius 3 is 2.39 bits per heavy atom. The molecule has 1 aliphatic rings. The predicted octanol–water partition coefficient (Wildman–Crippen LogP) is 2.37. The van der Waals surface area contributed by atoms with Crippen molar-refractivity contribution in [2.24, 2.45) is 11.8 Å². The van der Waals surface area contributed by atoms with Crippen LogP contribution in [0.25, 0.3) is 0 Å². The summed E-state index contributed by atoms with van der Waals surface area (Å²) in [4.78, 5) is 39.4. The van der Waals surface area contributed by atoms with Crippen molar-refractivity contribution >= 4 is 17.7 Å². The summed E-state index contributed by atoms with van der Waals surface area (Å²) in [6.07, 6.45) is 3.52. The number of nitrogens with one attached hydrogen (secondary N) is 2. The zero-order chi connectivity index (χ0) is 20.5. The normalized spacial score (nSPS) is 15.8. The second-order valence-electron chi connectivity index (χ2n) is 7.67. The van der Waals surface area contributed by atoms with Crippen LogP contribution >= 0.6 is 0 Å². The molecule has 0 radical (unpaired) electrons.